The summed E-state index contributed by atoms with van der Waals surface area (Å²) in [6.45, 7) is 3.80. The van der Waals surface area contributed by atoms with E-state index in [1.165, 1.54) is 10.4 Å². The summed E-state index contributed by atoms with van der Waals surface area (Å²) in [7, 11) is 0. The van der Waals surface area contributed by atoms with Gasteiger partial charge in [0.1, 0.15) is 11.4 Å². The van der Waals surface area contributed by atoms with E-state index in [9.17, 15) is 4.79 Å². The third-order valence-corrected chi connectivity index (χ3v) is 7.27. The number of fused-ring (bicyclic) bond motifs is 2. The molecule has 28 heavy (non-hydrogen) atoms. The summed E-state index contributed by atoms with van der Waals surface area (Å²) in [4.78, 5) is 25.6. The van der Waals surface area contributed by atoms with Gasteiger partial charge in [-0.1, -0.05) is 0 Å². The Hall–Kier alpha value is -2.03. The Morgan fingerprint density at radius 1 is 1.29 bits per heavy atom. The van der Waals surface area contributed by atoms with Crippen molar-refractivity contribution in [3.63, 3.8) is 0 Å². The van der Waals surface area contributed by atoms with Crippen molar-refractivity contribution in [1.82, 2.24) is 15.3 Å². The minimum absolute atomic E-state index is 0.0158. The first kappa shape index (κ1) is 18.0. The van der Waals surface area contributed by atoms with E-state index >= 15 is 0 Å². The summed E-state index contributed by atoms with van der Waals surface area (Å²) < 4.78 is 11.7. The second kappa shape index (κ2) is 7.42. The third-order valence-electron chi connectivity index (χ3n) is 5.91. The van der Waals surface area contributed by atoms with E-state index in [0.29, 0.717) is 13.2 Å². The van der Waals surface area contributed by atoms with Crippen LogP contribution in [0.2, 0.25) is 0 Å². The molecule has 0 aliphatic carbocycles. The maximum atomic E-state index is 12.7. The lowest BCUT2D eigenvalue weighted by Gasteiger charge is -2.44. The Balaban J connectivity index is 1.33. The summed E-state index contributed by atoms with van der Waals surface area (Å²) in [5, 5.41) is 3.11. The number of hydrogen-bond donors (Lipinski definition) is 1. The van der Waals surface area contributed by atoms with Crippen molar-refractivity contribution >= 4 is 23.1 Å². The Labute approximate surface area is 168 Å². The second-order valence-electron chi connectivity index (χ2n) is 7.64. The van der Waals surface area contributed by atoms with Gasteiger partial charge in [0.15, 0.2) is 0 Å². The van der Waals surface area contributed by atoms with E-state index in [-0.39, 0.29) is 17.6 Å². The van der Waals surface area contributed by atoms with Gasteiger partial charge in [-0.05, 0) is 37.3 Å². The maximum Gasteiger partial charge on any atom is 0.261 e. The van der Waals surface area contributed by atoms with Gasteiger partial charge in [-0.2, -0.15) is 0 Å². The molecular formula is C20H24N4O3S. The van der Waals surface area contributed by atoms with Gasteiger partial charge in [-0.15, -0.1) is 11.3 Å². The summed E-state index contributed by atoms with van der Waals surface area (Å²) in [5.41, 5.74) is 1.00. The molecule has 1 N–H and O–H groups in total. The molecule has 2 aromatic rings. The Morgan fingerprint density at radius 3 is 2.93 bits per heavy atom. The molecule has 1 unspecified atom stereocenters. The molecule has 3 aliphatic rings. The van der Waals surface area contributed by atoms with Crippen LogP contribution in [0, 0.1) is 0 Å². The van der Waals surface area contributed by atoms with Crippen LogP contribution in [0.4, 0.5) is 5.82 Å². The smallest absolute Gasteiger partial charge is 0.261 e. The van der Waals surface area contributed by atoms with Crippen molar-refractivity contribution in [2.24, 2.45) is 0 Å². The number of ether oxygens (including phenoxy) is 2. The number of thiophene rings is 1. The highest BCUT2D eigenvalue weighted by atomic mass is 32.1. The standard InChI is InChI=1S/C20H24N4O3S/c25-19(23-15-2-9-26-13-15)16-11-14-1-10-27-20(18(14)28-16)3-7-24(8-4-20)17-12-21-5-6-22-17/h5-6,11-12,15H,1-4,7-10,13H2,(H,23,25). The molecule has 5 heterocycles. The van der Waals surface area contributed by atoms with Gasteiger partial charge in [0, 0.05) is 37.0 Å². The van der Waals surface area contributed by atoms with Crippen LogP contribution in [0.3, 0.4) is 0 Å². The van der Waals surface area contributed by atoms with Crippen LogP contribution in [0.15, 0.2) is 24.7 Å². The van der Waals surface area contributed by atoms with Gasteiger partial charge >= 0.3 is 0 Å². The molecule has 5 rings (SSSR count). The van der Waals surface area contributed by atoms with Crippen LogP contribution in [-0.2, 0) is 21.5 Å². The van der Waals surface area contributed by atoms with E-state index in [0.717, 1.165) is 56.1 Å². The number of hydrogen-bond acceptors (Lipinski definition) is 7. The van der Waals surface area contributed by atoms with E-state index in [1.807, 2.05) is 6.20 Å². The largest absolute Gasteiger partial charge is 0.379 e. The summed E-state index contributed by atoms with van der Waals surface area (Å²) in [6.07, 6.45) is 8.80. The average molecular weight is 401 g/mol. The third kappa shape index (κ3) is 3.29. The van der Waals surface area contributed by atoms with Gasteiger partial charge < -0.3 is 19.7 Å². The quantitative estimate of drug-likeness (QED) is 0.851. The van der Waals surface area contributed by atoms with Gasteiger partial charge in [0.2, 0.25) is 0 Å². The fraction of sp³-hybridized carbons (Fsp3) is 0.550. The number of piperidine rings is 1. The Kier molecular flexibility index (Phi) is 4.78. The summed E-state index contributed by atoms with van der Waals surface area (Å²) in [6, 6.07) is 2.21. The predicted octanol–water partition coefficient (Wildman–Crippen LogP) is 2.13. The zero-order valence-electron chi connectivity index (χ0n) is 15.7. The highest BCUT2D eigenvalue weighted by Crippen LogP contribution is 2.45. The van der Waals surface area contributed by atoms with Crippen molar-refractivity contribution in [1.29, 1.82) is 0 Å². The number of anilines is 1. The summed E-state index contributed by atoms with van der Waals surface area (Å²) >= 11 is 1.60. The number of amides is 1. The van der Waals surface area contributed by atoms with Gasteiger partial charge in [-0.25, -0.2) is 4.98 Å². The number of nitrogens with one attached hydrogen (secondary N) is 1. The van der Waals surface area contributed by atoms with Crippen LogP contribution >= 0.6 is 11.3 Å². The first-order chi connectivity index (χ1) is 13.7. The monoisotopic (exact) mass is 400 g/mol. The van der Waals surface area contributed by atoms with Crippen molar-refractivity contribution in [3.05, 3.63) is 40.0 Å². The number of carbonyl (C=O) groups is 1. The van der Waals surface area contributed by atoms with E-state index in [4.69, 9.17) is 9.47 Å². The van der Waals surface area contributed by atoms with E-state index < -0.39 is 0 Å². The Bertz CT molecular complexity index is 842. The van der Waals surface area contributed by atoms with Gasteiger partial charge in [-0.3, -0.25) is 9.78 Å². The molecule has 3 aliphatic heterocycles. The first-order valence-corrected chi connectivity index (χ1v) is 10.7. The topological polar surface area (TPSA) is 76.6 Å². The molecule has 148 valence electrons. The summed E-state index contributed by atoms with van der Waals surface area (Å²) in [5.74, 6) is 0.931. The second-order valence-corrected chi connectivity index (χ2v) is 8.69. The lowest BCUT2D eigenvalue weighted by atomic mass is 9.85. The molecule has 8 heteroatoms. The lowest BCUT2D eigenvalue weighted by molar-refractivity contribution is -0.0735. The maximum absolute atomic E-state index is 12.7. The molecule has 0 aromatic carbocycles. The molecule has 1 atom stereocenters. The van der Waals surface area contributed by atoms with Crippen molar-refractivity contribution in [3.8, 4) is 0 Å². The van der Waals surface area contributed by atoms with E-state index in [1.54, 1.807) is 23.7 Å². The molecule has 0 saturated carbocycles. The molecule has 7 nitrogen and oxygen atoms in total. The molecular weight excluding hydrogens is 376 g/mol. The van der Waals surface area contributed by atoms with Crippen LogP contribution in [-0.4, -0.2) is 54.8 Å². The number of nitrogens with zero attached hydrogens (tertiary/aromatic N) is 3. The molecule has 1 spiro atoms. The highest BCUT2D eigenvalue weighted by molar-refractivity contribution is 7.14. The fourth-order valence-corrected chi connectivity index (χ4v) is 5.68. The van der Waals surface area contributed by atoms with Crippen LogP contribution in [0.5, 0.6) is 0 Å². The fourth-order valence-electron chi connectivity index (χ4n) is 4.36. The number of rotatable bonds is 3. The zero-order valence-corrected chi connectivity index (χ0v) is 16.5. The first-order valence-electron chi connectivity index (χ1n) is 9.90. The van der Waals surface area contributed by atoms with Gasteiger partial charge in [0.25, 0.3) is 5.91 Å². The van der Waals surface area contributed by atoms with Crippen molar-refractivity contribution < 1.29 is 14.3 Å². The Morgan fingerprint density at radius 2 is 2.18 bits per heavy atom. The minimum Gasteiger partial charge on any atom is -0.379 e. The van der Waals surface area contributed by atoms with Crippen LogP contribution in [0.25, 0.3) is 0 Å². The molecule has 1 amide bonds. The van der Waals surface area contributed by atoms with Crippen LogP contribution in [0.1, 0.15) is 39.4 Å². The molecule has 0 bridgehead atoms. The molecule has 2 aromatic heterocycles. The average Bonchev–Trinajstić information content (AvgIpc) is 3.40. The highest BCUT2D eigenvalue weighted by Gasteiger charge is 2.43. The molecule has 2 fully saturated rings. The predicted molar refractivity (Wildman–Crippen MR) is 106 cm³/mol. The lowest BCUT2D eigenvalue weighted by Crippen LogP contribution is -2.46. The molecule has 0 radical (unpaired) electrons. The van der Waals surface area contributed by atoms with E-state index in [2.05, 4.69) is 26.3 Å². The number of aromatic nitrogens is 2. The van der Waals surface area contributed by atoms with Crippen molar-refractivity contribution in [2.45, 2.75) is 37.3 Å². The SMILES string of the molecule is O=C(NC1CCOC1)c1cc2c(s1)C1(CCN(c3cnccn3)CC1)OCC2. The normalized spacial score (nSPS) is 23.6. The minimum atomic E-state index is -0.272. The van der Waals surface area contributed by atoms with Crippen LogP contribution < -0.4 is 10.2 Å². The number of carbonyl (C=O) groups excluding carboxylic acids is 1. The van der Waals surface area contributed by atoms with Gasteiger partial charge in [0.05, 0.1) is 30.3 Å². The van der Waals surface area contributed by atoms with Crippen molar-refractivity contribution in [2.75, 3.05) is 37.8 Å². The molecule has 2 saturated heterocycles. The zero-order chi connectivity index (χ0) is 19.0.